The Labute approximate surface area is 124 Å². The number of carbonyl (C=O) groups excluding carboxylic acids is 2. The zero-order valence-electron chi connectivity index (χ0n) is 12.3. The minimum Gasteiger partial charge on any atom is -0.319 e. The monoisotopic (exact) mass is 285 g/mol. The molecule has 0 bridgehead atoms. The predicted molar refractivity (Wildman–Crippen MR) is 78.3 cm³/mol. The Kier molecular flexibility index (Phi) is 4.27. The number of benzene rings is 1. The summed E-state index contributed by atoms with van der Waals surface area (Å²) in [5, 5.41) is 11.4. The summed E-state index contributed by atoms with van der Waals surface area (Å²) in [4.78, 5) is 25.8. The van der Waals surface area contributed by atoms with Crippen molar-refractivity contribution in [1.29, 1.82) is 5.26 Å². The molecule has 5 heteroatoms. The summed E-state index contributed by atoms with van der Waals surface area (Å²) < 4.78 is 0. The van der Waals surface area contributed by atoms with E-state index in [1.54, 1.807) is 0 Å². The van der Waals surface area contributed by atoms with Crippen molar-refractivity contribution in [2.24, 2.45) is 0 Å². The Balaban J connectivity index is 2.35. The summed E-state index contributed by atoms with van der Waals surface area (Å²) in [6, 6.07) is 9.29. The Bertz CT molecular complexity index is 589. The minimum absolute atomic E-state index is 0.135. The molecule has 3 amide bonds. The van der Waals surface area contributed by atoms with E-state index in [9.17, 15) is 9.59 Å². The maximum Gasteiger partial charge on any atom is 0.325 e. The van der Waals surface area contributed by atoms with E-state index in [2.05, 4.69) is 12.2 Å². The second-order valence-corrected chi connectivity index (χ2v) is 5.10. The third kappa shape index (κ3) is 2.49. The second kappa shape index (κ2) is 5.96. The maximum atomic E-state index is 12.7. The number of carbonyl (C=O) groups is 2. The van der Waals surface area contributed by atoms with E-state index in [1.165, 1.54) is 5.56 Å². The highest BCUT2D eigenvalue weighted by Gasteiger charge is 2.50. The smallest absolute Gasteiger partial charge is 0.319 e. The van der Waals surface area contributed by atoms with Gasteiger partial charge in [-0.25, -0.2) is 4.79 Å². The van der Waals surface area contributed by atoms with Gasteiger partial charge in [-0.3, -0.25) is 9.69 Å². The van der Waals surface area contributed by atoms with Gasteiger partial charge in [-0.2, -0.15) is 5.26 Å². The molecule has 0 aromatic heterocycles. The summed E-state index contributed by atoms with van der Waals surface area (Å²) in [5.41, 5.74) is 0.974. The van der Waals surface area contributed by atoms with Crippen LogP contribution in [0.1, 0.15) is 37.8 Å². The first-order valence-electron chi connectivity index (χ1n) is 7.19. The molecule has 0 aliphatic carbocycles. The third-order valence-electron chi connectivity index (χ3n) is 4.01. The van der Waals surface area contributed by atoms with Gasteiger partial charge in [0.05, 0.1) is 12.5 Å². The average molecular weight is 285 g/mol. The van der Waals surface area contributed by atoms with Crippen molar-refractivity contribution >= 4 is 11.9 Å². The number of amides is 3. The van der Waals surface area contributed by atoms with Crippen LogP contribution in [0.5, 0.6) is 0 Å². The van der Waals surface area contributed by atoms with Crippen molar-refractivity contribution in [3.05, 3.63) is 35.4 Å². The van der Waals surface area contributed by atoms with Crippen molar-refractivity contribution < 1.29 is 9.59 Å². The summed E-state index contributed by atoms with van der Waals surface area (Å²) in [5.74, 6) is -0.269. The molecule has 5 nitrogen and oxygen atoms in total. The molecule has 0 radical (unpaired) electrons. The van der Waals surface area contributed by atoms with Gasteiger partial charge in [-0.05, 0) is 24.0 Å². The van der Waals surface area contributed by atoms with Gasteiger partial charge >= 0.3 is 6.03 Å². The number of imide groups is 1. The van der Waals surface area contributed by atoms with E-state index >= 15 is 0 Å². The minimum atomic E-state index is -1.00. The highest BCUT2D eigenvalue weighted by molar-refractivity contribution is 6.07. The molecule has 1 heterocycles. The van der Waals surface area contributed by atoms with Gasteiger partial charge in [0.15, 0.2) is 0 Å². The number of urea groups is 1. The van der Waals surface area contributed by atoms with Gasteiger partial charge in [0, 0.05) is 6.54 Å². The summed E-state index contributed by atoms with van der Waals surface area (Å²) in [6.07, 6.45) is 1.55. The van der Waals surface area contributed by atoms with Crippen LogP contribution in [0.3, 0.4) is 0 Å². The molecule has 1 N–H and O–H groups in total. The second-order valence-electron chi connectivity index (χ2n) is 5.10. The highest BCUT2D eigenvalue weighted by atomic mass is 16.2. The number of hydrogen-bond donors (Lipinski definition) is 1. The lowest BCUT2D eigenvalue weighted by atomic mass is 9.86. The van der Waals surface area contributed by atoms with Gasteiger partial charge in [0.1, 0.15) is 5.54 Å². The molecular formula is C16H19N3O2. The molecule has 0 spiro atoms. The lowest BCUT2D eigenvalue weighted by Gasteiger charge is -2.26. The average Bonchev–Trinajstić information content (AvgIpc) is 2.77. The first-order chi connectivity index (χ1) is 10.1. The van der Waals surface area contributed by atoms with Gasteiger partial charge in [0.2, 0.25) is 0 Å². The Hall–Kier alpha value is -2.35. The number of nitrogens with one attached hydrogen (secondary N) is 1. The molecule has 1 aromatic carbocycles. The quantitative estimate of drug-likeness (QED) is 0.844. The molecule has 1 aliphatic heterocycles. The number of hydrogen-bond acceptors (Lipinski definition) is 3. The van der Waals surface area contributed by atoms with Crippen LogP contribution in [-0.4, -0.2) is 23.4 Å². The maximum absolute atomic E-state index is 12.7. The molecule has 1 aromatic rings. The molecular weight excluding hydrogens is 266 g/mol. The third-order valence-corrected chi connectivity index (χ3v) is 4.01. The summed E-state index contributed by atoms with van der Waals surface area (Å²) in [7, 11) is 0. The van der Waals surface area contributed by atoms with E-state index in [0.29, 0.717) is 6.42 Å². The molecule has 1 fully saturated rings. The van der Waals surface area contributed by atoms with Gasteiger partial charge in [-0.15, -0.1) is 0 Å². The normalized spacial score (nSPS) is 21.3. The van der Waals surface area contributed by atoms with E-state index in [-0.39, 0.29) is 18.9 Å². The molecule has 0 saturated carbocycles. The van der Waals surface area contributed by atoms with E-state index < -0.39 is 11.6 Å². The number of nitrogens with zero attached hydrogens (tertiary/aromatic N) is 2. The Morgan fingerprint density at radius 2 is 1.90 bits per heavy atom. The largest absolute Gasteiger partial charge is 0.325 e. The number of nitriles is 1. The Morgan fingerprint density at radius 1 is 1.24 bits per heavy atom. The fourth-order valence-corrected chi connectivity index (χ4v) is 2.66. The first kappa shape index (κ1) is 15.0. The molecule has 1 atom stereocenters. The topological polar surface area (TPSA) is 73.2 Å². The van der Waals surface area contributed by atoms with Gasteiger partial charge in [-0.1, -0.05) is 38.1 Å². The SMILES string of the molecule is CCc1ccc(C2(CC)NC(=O)N(CCC#N)C2=O)cc1. The van der Waals surface area contributed by atoms with Crippen molar-refractivity contribution in [2.45, 2.75) is 38.6 Å². The lowest BCUT2D eigenvalue weighted by molar-refractivity contribution is -0.131. The van der Waals surface area contributed by atoms with E-state index in [4.69, 9.17) is 5.26 Å². The van der Waals surface area contributed by atoms with Crippen LogP contribution in [0.15, 0.2) is 24.3 Å². The van der Waals surface area contributed by atoms with Crippen LogP contribution in [0.25, 0.3) is 0 Å². The van der Waals surface area contributed by atoms with Crippen molar-refractivity contribution in [1.82, 2.24) is 10.2 Å². The summed E-state index contributed by atoms with van der Waals surface area (Å²) in [6.45, 7) is 4.08. The fourth-order valence-electron chi connectivity index (χ4n) is 2.66. The summed E-state index contributed by atoms with van der Waals surface area (Å²) >= 11 is 0. The van der Waals surface area contributed by atoms with Crippen molar-refractivity contribution in [2.75, 3.05) is 6.54 Å². The van der Waals surface area contributed by atoms with Crippen LogP contribution < -0.4 is 5.32 Å². The zero-order chi connectivity index (χ0) is 15.5. The lowest BCUT2D eigenvalue weighted by Crippen LogP contribution is -2.43. The standard InChI is InChI=1S/C16H19N3O2/c1-3-12-6-8-13(9-7-12)16(4-2)14(20)19(11-5-10-17)15(21)18-16/h6-9H,3-5,11H2,1-2H3,(H,18,21). The van der Waals surface area contributed by atoms with E-state index in [0.717, 1.165) is 16.9 Å². The van der Waals surface area contributed by atoms with Crippen LogP contribution in [0, 0.1) is 11.3 Å². The van der Waals surface area contributed by atoms with Crippen LogP contribution >= 0.6 is 0 Å². The molecule has 1 aliphatic rings. The van der Waals surface area contributed by atoms with Crippen molar-refractivity contribution in [3.8, 4) is 6.07 Å². The number of rotatable bonds is 5. The molecule has 21 heavy (non-hydrogen) atoms. The van der Waals surface area contributed by atoms with Crippen LogP contribution in [-0.2, 0) is 16.8 Å². The van der Waals surface area contributed by atoms with E-state index in [1.807, 2.05) is 37.3 Å². The van der Waals surface area contributed by atoms with Crippen LogP contribution in [0.2, 0.25) is 0 Å². The molecule has 2 rings (SSSR count). The van der Waals surface area contributed by atoms with Crippen LogP contribution in [0.4, 0.5) is 4.79 Å². The first-order valence-corrected chi connectivity index (χ1v) is 7.19. The van der Waals surface area contributed by atoms with Gasteiger partial charge < -0.3 is 5.32 Å². The Morgan fingerprint density at radius 3 is 2.43 bits per heavy atom. The van der Waals surface area contributed by atoms with Crippen molar-refractivity contribution in [3.63, 3.8) is 0 Å². The zero-order valence-corrected chi connectivity index (χ0v) is 12.3. The predicted octanol–water partition coefficient (Wildman–Crippen LogP) is 2.32. The molecule has 1 saturated heterocycles. The van der Waals surface area contributed by atoms with Gasteiger partial charge in [0.25, 0.3) is 5.91 Å². The molecule has 110 valence electrons. The number of aryl methyl sites for hydroxylation is 1. The highest BCUT2D eigenvalue weighted by Crippen LogP contribution is 2.32. The fraction of sp³-hybridized carbons (Fsp3) is 0.438. The molecule has 1 unspecified atom stereocenters.